The predicted octanol–water partition coefficient (Wildman–Crippen LogP) is 2.85. The number of anilines is 1. The summed E-state index contributed by atoms with van der Waals surface area (Å²) >= 11 is 3.24. The summed E-state index contributed by atoms with van der Waals surface area (Å²) in [6.07, 6.45) is 1.41. The van der Waals surface area contributed by atoms with Gasteiger partial charge in [-0.3, -0.25) is 9.52 Å². The number of rotatable bonds is 4. The van der Waals surface area contributed by atoms with Crippen LogP contribution in [-0.4, -0.2) is 19.2 Å². The van der Waals surface area contributed by atoms with E-state index in [-0.39, 0.29) is 10.8 Å². The maximum Gasteiger partial charge on any atom is 0.279 e. The normalized spacial score (nSPS) is 11.1. The third-order valence-corrected chi connectivity index (χ3v) is 4.47. The summed E-state index contributed by atoms with van der Waals surface area (Å²) in [6.45, 7) is 1.44. The number of nitrogens with zero attached hydrogens (tertiary/aromatic N) is 1. The number of benzene rings is 1. The Morgan fingerprint density at radius 2 is 2.00 bits per heavy atom. The minimum absolute atomic E-state index is 0.0671. The van der Waals surface area contributed by atoms with E-state index in [0.29, 0.717) is 15.7 Å². The fraction of sp³-hybridized carbons (Fsp3) is 0.0769. The van der Waals surface area contributed by atoms with Crippen LogP contribution in [0.3, 0.4) is 0 Å². The predicted molar refractivity (Wildman–Crippen MR) is 79.2 cm³/mol. The number of aromatic nitrogens is 1. The molecule has 0 bridgehead atoms. The average molecular weight is 355 g/mol. The third-order valence-electron chi connectivity index (χ3n) is 2.53. The number of carbonyl (C=O) groups is 1. The molecule has 7 heteroatoms. The van der Waals surface area contributed by atoms with Crippen molar-refractivity contribution in [1.82, 2.24) is 4.98 Å². The highest BCUT2D eigenvalue weighted by atomic mass is 79.9. The number of halogens is 1. The molecule has 0 spiro atoms. The lowest BCUT2D eigenvalue weighted by molar-refractivity contribution is 0.101. The van der Waals surface area contributed by atoms with Gasteiger partial charge in [-0.25, -0.2) is 4.98 Å². The molecule has 1 aromatic heterocycles. The minimum atomic E-state index is -3.74. The first-order valence-corrected chi connectivity index (χ1v) is 7.92. The van der Waals surface area contributed by atoms with Crippen molar-refractivity contribution in [2.24, 2.45) is 0 Å². The second-order valence-electron chi connectivity index (χ2n) is 4.02. The van der Waals surface area contributed by atoms with Crippen LogP contribution in [0.25, 0.3) is 0 Å². The number of Topliss-reactive ketones (excluding diaryl/α,β-unsaturated/α-hetero) is 1. The van der Waals surface area contributed by atoms with Crippen LogP contribution < -0.4 is 4.72 Å². The molecule has 0 atom stereocenters. The van der Waals surface area contributed by atoms with Crippen LogP contribution in [0.4, 0.5) is 5.69 Å². The largest absolute Gasteiger partial charge is 0.295 e. The molecule has 0 aliphatic rings. The molecule has 0 radical (unpaired) electrons. The first-order chi connectivity index (χ1) is 9.40. The van der Waals surface area contributed by atoms with Crippen molar-refractivity contribution >= 4 is 37.4 Å². The van der Waals surface area contributed by atoms with Gasteiger partial charge in [0.15, 0.2) is 10.8 Å². The van der Waals surface area contributed by atoms with Crippen molar-refractivity contribution < 1.29 is 13.2 Å². The number of carbonyl (C=O) groups excluding carboxylic acids is 1. The van der Waals surface area contributed by atoms with Gasteiger partial charge >= 0.3 is 0 Å². The van der Waals surface area contributed by atoms with Gasteiger partial charge in [-0.1, -0.05) is 6.07 Å². The van der Waals surface area contributed by atoms with Gasteiger partial charge in [-0.05, 0) is 53.2 Å². The van der Waals surface area contributed by atoms with Crippen LogP contribution in [-0.2, 0) is 10.0 Å². The zero-order valence-electron chi connectivity index (χ0n) is 10.5. The molecule has 1 heterocycles. The molecule has 5 nitrogen and oxygen atoms in total. The number of nitrogens with one attached hydrogen (secondary N) is 1. The van der Waals surface area contributed by atoms with Crippen molar-refractivity contribution in [3.8, 4) is 0 Å². The highest BCUT2D eigenvalue weighted by Gasteiger charge is 2.17. The lowest BCUT2D eigenvalue weighted by Crippen LogP contribution is -2.14. The molecular weight excluding hydrogens is 344 g/mol. The van der Waals surface area contributed by atoms with Gasteiger partial charge in [0.2, 0.25) is 0 Å². The maximum absolute atomic E-state index is 12.1. The van der Waals surface area contributed by atoms with Gasteiger partial charge in [0.1, 0.15) is 0 Å². The standard InChI is InChI=1S/C13H11BrN2O3S/c1-9(17)10-5-6-12(11(14)8-10)16-20(18,19)13-4-2-3-7-15-13/h2-8,16H,1H3. The second kappa shape index (κ2) is 5.72. The number of sulfonamides is 1. The van der Waals surface area contributed by atoms with Gasteiger partial charge in [-0.15, -0.1) is 0 Å². The molecule has 2 rings (SSSR count). The zero-order chi connectivity index (χ0) is 14.8. The van der Waals surface area contributed by atoms with E-state index in [1.54, 1.807) is 24.3 Å². The monoisotopic (exact) mass is 354 g/mol. The molecule has 1 N–H and O–H groups in total. The molecular formula is C13H11BrN2O3S. The van der Waals surface area contributed by atoms with Gasteiger partial charge in [0, 0.05) is 16.2 Å². The van der Waals surface area contributed by atoms with Crippen molar-refractivity contribution in [3.05, 3.63) is 52.6 Å². The fourth-order valence-corrected chi connectivity index (χ4v) is 3.16. The summed E-state index contributed by atoms with van der Waals surface area (Å²) in [5, 5.41) is -0.0671. The van der Waals surface area contributed by atoms with Gasteiger partial charge in [0.25, 0.3) is 10.0 Å². The van der Waals surface area contributed by atoms with E-state index in [4.69, 9.17) is 0 Å². The summed E-state index contributed by atoms with van der Waals surface area (Å²) in [5.74, 6) is -0.0927. The molecule has 2 aromatic rings. The van der Waals surface area contributed by atoms with Crippen molar-refractivity contribution in [3.63, 3.8) is 0 Å². The van der Waals surface area contributed by atoms with E-state index in [9.17, 15) is 13.2 Å². The SMILES string of the molecule is CC(=O)c1ccc(NS(=O)(=O)c2ccccn2)c(Br)c1. The minimum Gasteiger partial charge on any atom is -0.295 e. The van der Waals surface area contributed by atoms with Crippen LogP contribution in [0.5, 0.6) is 0 Å². The second-order valence-corrected chi connectivity index (χ2v) is 6.51. The molecule has 0 aliphatic carbocycles. The lowest BCUT2D eigenvalue weighted by atomic mass is 10.1. The molecule has 0 saturated carbocycles. The summed E-state index contributed by atoms with van der Waals surface area (Å²) < 4.78 is 27.1. The van der Waals surface area contributed by atoms with Crippen molar-refractivity contribution in [2.75, 3.05) is 4.72 Å². The average Bonchev–Trinajstić information content (AvgIpc) is 2.41. The van der Waals surface area contributed by atoms with Crippen LogP contribution in [0.15, 0.2) is 52.1 Å². The molecule has 0 amide bonds. The smallest absolute Gasteiger partial charge is 0.279 e. The lowest BCUT2D eigenvalue weighted by Gasteiger charge is -2.09. The molecule has 20 heavy (non-hydrogen) atoms. The summed E-state index contributed by atoms with van der Waals surface area (Å²) in [7, 11) is -3.74. The number of pyridine rings is 1. The Kier molecular flexibility index (Phi) is 4.20. The Bertz CT molecular complexity index is 745. The molecule has 0 unspecified atom stereocenters. The maximum atomic E-state index is 12.1. The summed E-state index contributed by atoms with van der Waals surface area (Å²) in [4.78, 5) is 15.0. The van der Waals surface area contributed by atoms with Crippen LogP contribution in [0.2, 0.25) is 0 Å². The quantitative estimate of drug-likeness (QED) is 0.856. The van der Waals surface area contributed by atoms with E-state index in [0.717, 1.165) is 0 Å². The van der Waals surface area contributed by atoms with Crippen molar-refractivity contribution in [2.45, 2.75) is 11.9 Å². The van der Waals surface area contributed by atoms with E-state index in [1.807, 2.05) is 0 Å². The highest BCUT2D eigenvalue weighted by molar-refractivity contribution is 9.10. The Balaban J connectivity index is 2.33. The van der Waals surface area contributed by atoms with Gasteiger partial charge in [-0.2, -0.15) is 8.42 Å². The Labute approximate surface area is 125 Å². The number of hydrogen-bond donors (Lipinski definition) is 1. The Hall–Kier alpha value is -1.73. The number of hydrogen-bond acceptors (Lipinski definition) is 4. The van der Waals surface area contributed by atoms with Crippen LogP contribution in [0.1, 0.15) is 17.3 Å². The summed E-state index contributed by atoms with van der Waals surface area (Å²) in [5.41, 5.74) is 0.846. The van der Waals surface area contributed by atoms with Crippen molar-refractivity contribution in [1.29, 1.82) is 0 Å². The van der Waals surface area contributed by atoms with Crippen LogP contribution in [0, 0.1) is 0 Å². The summed E-state index contributed by atoms with van der Waals surface area (Å²) in [6, 6.07) is 9.29. The topological polar surface area (TPSA) is 76.1 Å². The van der Waals surface area contributed by atoms with Gasteiger partial charge < -0.3 is 0 Å². The molecule has 0 saturated heterocycles. The zero-order valence-corrected chi connectivity index (χ0v) is 12.9. The third kappa shape index (κ3) is 3.23. The Morgan fingerprint density at radius 1 is 1.25 bits per heavy atom. The first kappa shape index (κ1) is 14.7. The van der Waals surface area contributed by atoms with Crippen LogP contribution >= 0.6 is 15.9 Å². The molecule has 0 aliphatic heterocycles. The number of ketones is 1. The fourth-order valence-electron chi connectivity index (χ4n) is 1.52. The molecule has 1 aromatic carbocycles. The van der Waals surface area contributed by atoms with E-state index in [1.165, 1.54) is 25.3 Å². The highest BCUT2D eigenvalue weighted by Crippen LogP contribution is 2.26. The van der Waals surface area contributed by atoms with E-state index in [2.05, 4.69) is 25.6 Å². The first-order valence-electron chi connectivity index (χ1n) is 5.64. The van der Waals surface area contributed by atoms with E-state index >= 15 is 0 Å². The van der Waals surface area contributed by atoms with Gasteiger partial charge in [0.05, 0.1) is 5.69 Å². The Morgan fingerprint density at radius 3 is 2.55 bits per heavy atom. The van der Waals surface area contributed by atoms with E-state index < -0.39 is 10.0 Å². The molecule has 0 fully saturated rings. The molecule has 104 valence electrons.